The molecule has 0 radical (unpaired) electrons. The first-order chi connectivity index (χ1) is 12.2. The van der Waals surface area contributed by atoms with E-state index < -0.39 is 11.7 Å². The second-order valence-electron chi connectivity index (χ2n) is 7.72. The number of fused-ring (bicyclic) bond motifs is 1. The number of hydrogen-bond donors (Lipinski definition) is 0. The van der Waals surface area contributed by atoms with Crippen molar-refractivity contribution in [3.05, 3.63) is 23.4 Å². The van der Waals surface area contributed by atoms with Crippen molar-refractivity contribution in [2.45, 2.75) is 70.3 Å². The van der Waals surface area contributed by atoms with Crippen LogP contribution in [0, 0.1) is 6.92 Å². The van der Waals surface area contributed by atoms with Crippen LogP contribution in [0.15, 0.2) is 12.3 Å². The topological polar surface area (TPSA) is 34.6 Å². The molecule has 1 aromatic heterocycles. The molecular formula is C19H27F3N2O2. The lowest BCUT2D eigenvalue weighted by Gasteiger charge is -2.35. The summed E-state index contributed by atoms with van der Waals surface area (Å²) >= 11 is 0. The van der Waals surface area contributed by atoms with Gasteiger partial charge in [-0.25, -0.2) is 4.98 Å². The van der Waals surface area contributed by atoms with Crippen LogP contribution in [0.1, 0.15) is 50.7 Å². The average Bonchev–Trinajstić information content (AvgIpc) is 3.09. The molecule has 4 nitrogen and oxygen atoms in total. The van der Waals surface area contributed by atoms with E-state index in [1.165, 1.54) is 13.0 Å². The van der Waals surface area contributed by atoms with Crippen LogP contribution in [0.5, 0.6) is 5.88 Å². The van der Waals surface area contributed by atoms with Crippen molar-refractivity contribution in [3.8, 4) is 5.88 Å². The van der Waals surface area contributed by atoms with Crippen molar-refractivity contribution in [1.82, 2.24) is 9.88 Å². The quantitative estimate of drug-likeness (QED) is 0.749. The van der Waals surface area contributed by atoms with Crippen LogP contribution in [0.2, 0.25) is 0 Å². The maximum absolute atomic E-state index is 12.8. The van der Waals surface area contributed by atoms with Gasteiger partial charge < -0.3 is 9.47 Å². The maximum atomic E-state index is 12.8. The number of alkyl halides is 3. The summed E-state index contributed by atoms with van der Waals surface area (Å²) in [6.07, 6.45) is 1.06. The lowest BCUT2D eigenvalue weighted by molar-refractivity contribution is -0.138. The fourth-order valence-electron chi connectivity index (χ4n) is 4.20. The highest BCUT2D eigenvalue weighted by Crippen LogP contribution is 2.43. The summed E-state index contributed by atoms with van der Waals surface area (Å²) in [7, 11) is 0. The fraction of sp³-hybridized carbons (Fsp3) is 0.737. The first kappa shape index (κ1) is 19.4. The number of rotatable bonds is 6. The molecule has 2 aliphatic rings. The Morgan fingerprint density at radius 1 is 1.35 bits per heavy atom. The highest BCUT2D eigenvalue weighted by molar-refractivity contribution is 5.30. The fourth-order valence-corrected chi connectivity index (χ4v) is 4.20. The third-order valence-electron chi connectivity index (χ3n) is 5.53. The van der Waals surface area contributed by atoms with E-state index in [9.17, 15) is 13.2 Å². The number of pyridine rings is 1. The van der Waals surface area contributed by atoms with E-state index >= 15 is 0 Å². The van der Waals surface area contributed by atoms with Crippen molar-refractivity contribution in [2.24, 2.45) is 0 Å². The van der Waals surface area contributed by atoms with Gasteiger partial charge in [0.15, 0.2) is 0 Å². The molecule has 2 aliphatic heterocycles. The molecule has 2 atom stereocenters. The SMILES string of the molecule is Cc1cc(OC[C@@H]2CC[C@]3(COC(C)C)CCCN23)ncc1C(F)(F)F. The molecule has 0 aromatic carbocycles. The molecule has 26 heavy (non-hydrogen) atoms. The predicted octanol–water partition coefficient (Wildman–Crippen LogP) is 4.21. The molecule has 0 N–H and O–H groups in total. The van der Waals surface area contributed by atoms with Gasteiger partial charge in [-0.05, 0) is 58.6 Å². The van der Waals surface area contributed by atoms with Crippen LogP contribution in [-0.2, 0) is 10.9 Å². The summed E-state index contributed by atoms with van der Waals surface area (Å²) in [5, 5.41) is 0. The smallest absolute Gasteiger partial charge is 0.418 e. The Morgan fingerprint density at radius 3 is 2.77 bits per heavy atom. The Morgan fingerprint density at radius 2 is 2.12 bits per heavy atom. The van der Waals surface area contributed by atoms with Gasteiger partial charge >= 0.3 is 6.18 Å². The number of nitrogens with zero attached hydrogens (tertiary/aromatic N) is 2. The Labute approximate surface area is 152 Å². The normalized spacial score (nSPS) is 26.5. The molecule has 3 heterocycles. The van der Waals surface area contributed by atoms with Crippen LogP contribution in [0.25, 0.3) is 0 Å². The van der Waals surface area contributed by atoms with Gasteiger partial charge in [-0.3, -0.25) is 4.90 Å². The Kier molecular flexibility index (Phi) is 5.49. The minimum Gasteiger partial charge on any atom is -0.476 e. The molecule has 0 aliphatic carbocycles. The minimum absolute atomic E-state index is 0.0990. The molecule has 0 bridgehead atoms. The molecule has 146 valence electrons. The Hall–Kier alpha value is -1.34. The van der Waals surface area contributed by atoms with Crippen LogP contribution in [-0.4, -0.2) is 47.3 Å². The van der Waals surface area contributed by atoms with Crippen molar-refractivity contribution in [2.75, 3.05) is 19.8 Å². The van der Waals surface area contributed by atoms with E-state index in [1.54, 1.807) is 0 Å². The summed E-state index contributed by atoms with van der Waals surface area (Å²) in [6, 6.07) is 1.63. The zero-order valence-corrected chi connectivity index (χ0v) is 15.6. The lowest BCUT2D eigenvalue weighted by atomic mass is 9.95. The van der Waals surface area contributed by atoms with Gasteiger partial charge in [0.25, 0.3) is 0 Å². The van der Waals surface area contributed by atoms with Crippen molar-refractivity contribution in [3.63, 3.8) is 0 Å². The number of ether oxygens (including phenoxy) is 2. The van der Waals surface area contributed by atoms with Crippen LogP contribution in [0.4, 0.5) is 13.2 Å². The van der Waals surface area contributed by atoms with Crippen LogP contribution in [0.3, 0.4) is 0 Å². The molecule has 0 saturated carbocycles. The van der Waals surface area contributed by atoms with Crippen molar-refractivity contribution < 1.29 is 22.6 Å². The first-order valence-electron chi connectivity index (χ1n) is 9.26. The Balaban J connectivity index is 1.61. The molecule has 2 fully saturated rings. The highest BCUT2D eigenvalue weighted by Gasteiger charge is 2.49. The molecule has 7 heteroatoms. The lowest BCUT2D eigenvalue weighted by Crippen LogP contribution is -2.47. The third-order valence-corrected chi connectivity index (χ3v) is 5.53. The number of aryl methyl sites for hydroxylation is 1. The number of aromatic nitrogens is 1. The second-order valence-corrected chi connectivity index (χ2v) is 7.72. The van der Waals surface area contributed by atoms with Crippen molar-refractivity contribution >= 4 is 0 Å². The van der Waals surface area contributed by atoms with E-state index in [1.807, 2.05) is 13.8 Å². The monoisotopic (exact) mass is 372 g/mol. The van der Waals surface area contributed by atoms with Crippen molar-refractivity contribution in [1.29, 1.82) is 0 Å². The summed E-state index contributed by atoms with van der Waals surface area (Å²) < 4.78 is 50.2. The van der Waals surface area contributed by atoms with Gasteiger partial charge in [-0.1, -0.05) is 0 Å². The molecule has 0 amide bonds. The molecular weight excluding hydrogens is 345 g/mol. The predicted molar refractivity (Wildman–Crippen MR) is 92.3 cm³/mol. The standard InChI is InChI=1S/C19H27F3N2O2/c1-13(2)26-12-18-6-4-8-24(18)15(5-7-18)11-25-17-9-14(3)16(10-23-17)19(20,21)22/h9-10,13,15H,4-8,11-12H2,1-3H3/t15-,18-/m0/s1. The summed E-state index contributed by atoms with van der Waals surface area (Å²) in [4.78, 5) is 6.32. The molecule has 1 aromatic rings. The van der Waals surface area contributed by atoms with Gasteiger partial charge in [-0.2, -0.15) is 13.2 Å². The average molecular weight is 372 g/mol. The molecule has 3 rings (SSSR count). The van der Waals surface area contributed by atoms with Gasteiger partial charge in [0.05, 0.1) is 18.3 Å². The highest BCUT2D eigenvalue weighted by atomic mass is 19.4. The summed E-state index contributed by atoms with van der Waals surface area (Å²) in [5.41, 5.74) is -0.480. The van der Waals surface area contributed by atoms with E-state index in [0.29, 0.717) is 6.61 Å². The van der Waals surface area contributed by atoms with Crippen LogP contribution < -0.4 is 4.74 Å². The van der Waals surface area contributed by atoms with Gasteiger partial charge in [0.1, 0.15) is 6.61 Å². The van der Waals surface area contributed by atoms with E-state index in [0.717, 1.165) is 45.0 Å². The first-order valence-corrected chi connectivity index (χ1v) is 9.26. The third kappa shape index (κ3) is 3.98. The largest absolute Gasteiger partial charge is 0.476 e. The summed E-state index contributed by atoms with van der Waals surface area (Å²) in [5.74, 6) is 0.255. The molecule has 2 saturated heterocycles. The molecule has 0 unspecified atom stereocenters. The van der Waals surface area contributed by atoms with E-state index in [-0.39, 0.29) is 29.1 Å². The second kappa shape index (κ2) is 7.35. The minimum atomic E-state index is -4.38. The summed E-state index contributed by atoms with van der Waals surface area (Å²) in [6.45, 7) is 7.73. The van der Waals surface area contributed by atoms with E-state index in [2.05, 4.69) is 9.88 Å². The van der Waals surface area contributed by atoms with Crippen LogP contribution >= 0.6 is 0 Å². The molecule has 0 spiro atoms. The zero-order chi connectivity index (χ0) is 18.9. The number of hydrogen-bond acceptors (Lipinski definition) is 4. The number of halogens is 3. The van der Waals surface area contributed by atoms with Gasteiger partial charge in [0, 0.05) is 23.8 Å². The maximum Gasteiger partial charge on any atom is 0.418 e. The van der Waals surface area contributed by atoms with E-state index in [4.69, 9.17) is 9.47 Å². The van der Waals surface area contributed by atoms with Gasteiger partial charge in [-0.15, -0.1) is 0 Å². The zero-order valence-electron chi connectivity index (χ0n) is 15.6. The Bertz CT molecular complexity index is 636. The van der Waals surface area contributed by atoms with Gasteiger partial charge in [0.2, 0.25) is 5.88 Å².